The Morgan fingerprint density at radius 3 is 2.69 bits per heavy atom. The summed E-state index contributed by atoms with van der Waals surface area (Å²) in [5.41, 5.74) is -4.47. The zero-order valence-electron chi connectivity index (χ0n) is 22.3. The summed E-state index contributed by atoms with van der Waals surface area (Å²) in [5, 5.41) is 43.0. The van der Waals surface area contributed by atoms with Gasteiger partial charge in [0.05, 0.1) is 16.3 Å². The summed E-state index contributed by atoms with van der Waals surface area (Å²) in [4.78, 5) is 12.7. The fourth-order valence-electron chi connectivity index (χ4n) is 7.04. The Morgan fingerprint density at radius 2 is 2.00 bits per heavy atom. The second-order valence-corrected chi connectivity index (χ2v) is 9.31. The van der Waals surface area contributed by atoms with E-state index < -0.39 is 65.5 Å². The molecule has 4 saturated carbocycles. The molecule has 0 spiro atoms. The van der Waals surface area contributed by atoms with Crippen molar-refractivity contribution in [3.63, 3.8) is 0 Å². The Morgan fingerprint density at radius 1 is 1.27 bits per heavy atom. The fraction of sp³-hybridized carbons (Fsp3) is 0.952. The number of hydrogen-bond acceptors (Lipinski definition) is 5. The quantitative estimate of drug-likeness (QED) is 0.590. The highest BCUT2D eigenvalue weighted by atomic mass is 16.3. The molecule has 0 aromatic rings. The van der Waals surface area contributed by atoms with Gasteiger partial charge in [-0.2, -0.15) is 0 Å². The molecular formula is C21H34O5. The molecule has 4 aliphatic rings. The molecule has 4 N–H and O–H groups in total. The van der Waals surface area contributed by atoms with Gasteiger partial charge in [-0.25, -0.2) is 0 Å². The summed E-state index contributed by atoms with van der Waals surface area (Å²) in [5.74, 6) is -3.40. The van der Waals surface area contributed by atoms with Crippen molar-refractivity contribution in [2.45, 2.75) is 82.9 Å². The molecule has 5 nitrogen and oxygen atoms in total. The third-order valence-electron chi connectivity index (χ3n) is 8.38. The third kappa shape index (κ3) is 2.27. The van der Waals surface area contributed by atoms with Gasteiger partial charge in [-0.1, -0.05) is 13.8 Å². The van der Waals surface area contributed by atoms with E-state index in [1.54, 1.807) is 13.8 Å². The van der Waals surface area contributed by atoms with Crippen LogP contribution >= 0.6 is 0 Å². The minimum absolute atomic E-state index is 0.0721. The van der Waals surface area contributed by atoms with E-state index in [1.165, 1.54) is 0 Å². The molecule has 4 fully saturated rings. The van der Waals surface area contributed by atoms with E-state index in [-0.39, 0.29) is 37.5 Å². The number of carbonyl (C=O) groups is 1. The molecule has 0 heterocycles. The molecule has 0 aliphatic heterocycles. The molecule has 5 heteroatoms. The van der Waals surface area contributed by atoms with Gasteiger partial charge in [0, 0.05) is 10.9 Å². The highest BCUT2D eigenvalue weighted by Crippen LogP contribution is 2.68. The molecule has 0 aromatic carbocycles. The smallest absolute Gasteiger partial charge is 0.190 e. The maximum atomic E-state index is 12.7. The average Bonchev–Trinajstić information content (AvgIpc) is 2.89. The predicted molar refractivity (Wildman–Crippen MR) is 96.2 cm³/mol. The minimum atomic E-state index is -3.23. The van der Waals surface area contributed by atoms with E-state index in [4.69, 9.17) is 9.60 Å². The SMILES string of the molecule is [2H]C([2H])(O)C(=O)[C@@]1(O)CC[C@H]2[C@@H]3CC[C@H]4C([2H])([2H])[C@]([2H])(O)C([2H])([2H])C[C@]4(C)[C@H]3[C@@H](O)C[C@@]21C. The third-order valence-corrected chi connectivity index (χ3v) is 8.38. The lowest BCUT2D eigenvalue weighted by Crippen LogP contribution is -2.63. The lowest BCUT2D eigenvalue weighted by molar-refractivity contribution is -0.202. The Hall–Kier alpha value is -0.490. The number of hydrogen-bond donors (Lipinski definition) is 4. The van der Waals surface area contributed by atoms with Crippen LogP contribution in [0.15, 0.2) is 0 Å². The van der Waals surface area contributed by atoms with Gasteiger partial charge in [0.1, 0.15) is 12.2 Å². The van der Waals surface area contributed by atoms with Crippen LogP contribution in [-0.2, 0) is 4.79 Å². The Balaban J connectivity index is 1.77. The molecule has 0 bridgehead atoms. The van der Waals surface area contributed by atoms with Crippen LogP contribution in [0.4, 0.5) is 0 Å². The van der Waals surface area contributed by atoms with Gasteiger partial charge in [-0.05, 0) is 80.4 Å². The van der Waals surface area contributed by atoms with Crippen LogP contribution in [0.2, 0.25) is 0 Å². The number of aliphatic hydroxyl groups is 4. The van der Waals surface area contributed by atoms with Crippen molar-refractivity contribution < 1.29 is 34.8 Å². The summed E-state index contributed by atoms with van der Waals surface area (Å²) in [6.45, 7) is 0.111. The number of carbonyl (C=O) groups excluding carboxylic acids is 1. The van der Waals surface area contributed by atoms with Crippen molar-refractivity contribution in [1.29, 1.82) is 0 Å². The number of aliphatic hydroxyl groups excluding tert-OH is 1. The predicted octanol–water partition coefficient (Wildman–Crippen LogP) is 1.65. The molecule has 0 aromatic heterocycles. The van der Waals surface area contributed by atoms with Gasteiger partial charge in [-0.15, -0.1) is 0 Å². The van der Waals surface area contributed by atoms with Gasteiger partial charge in [0.15, 0.2) is 5.78 Å². The van der Waals surface area contributed by atoms with Crippen molar-refractivity contribution in [3.05, 3.63) is 0 Å². The summed E-state index contributed by atoms with van der Waals surface area (Å²) >= 11 is 0. The molecule has 0 unspecified atom stereocenters. The molecule has 26 heavy (non-hydrogen) atoms. The van der Waals surface area contributed by atoms with Crippen LogP contribution in [-0.4, -0.2) is 50.6 Å². The molecule has 4 rings (SSSR count). The van der Waals surface area contributed by atoms with E-state index >= 15 is 0 Å². The first-order valence-corrected chi connectivity index (χ1v) is 9.59. The topological polar surface area (TPSA) is 98.0 Å². The number of ketones is 1. The van der Waals surface area contributed by atoms with E-state index in [0.29, 0.717) is 12.8 Å². The van der Waals surface area contributed by atoms with E-state index in [9.17, 15) is 25.2 Å². The maximum absolute atomic E-state index is 12.7. The molecule has 9 atom stereocenters. The van der Waals surface area contributed by atoms with Crippen molar-refractivity contribution in [3.8, 4) is 0 Å². The van der Waals surface area contributed by atoms with Gasteiger partial charge >= 0.3 is 0 Å². The molecule has 0 amide bonds. The van der Waals surface area contributed by atoms with Crippen LogP contribution in [0, 0.1) is 34.5 Å². The molecule has 148 valence electrons. The van der Waals surface area contributed by atoms with Crippen molar-refractivity contribution in [2.75, 3.05) is 6.56 Å². The normalized spacial score (nSPS) is 67.6. The first-order valence-electron chi connectivity index (χ1n) is 13.1. The van der Waals surface area contributed by atoms with Crippen molar-refractivity contribution in [1.82, 2.24) is 0 Å². The van der Waals surface area contributed by atoms with Gasteiger partial charge in [0.25, 0.3) is 0 Å². The van der Waals surface area contributed by atoms with Gasteiger partial charge in [-0.3, -0.25) is 4.79 Å². The Labute approximate surface area is 165 Å². The highest BCUT2D eigenvalue weighted by molar-refractivity contribution is 5.89. The molecule has 0 saturated heterocycles. The standard InChI is InChI=1S/C21H34O5/c1-19-7-5-13(23)9-12(19)3-4-14-15-6-8-21(26,17(25)11-22)20(15,2)10-16(24)18(14)19/h12-16,18,22-24,26H,3-11H2,1-2H3/t12-,13+,14-,15-,16-,18+,19-,20-,21-/m0/s1/i5D2,9D2,11D2,13D. The monoisotopic (exact) mass is 373 g/mol. The maximum Gasteiger partial charge on any atom is 0.190 e. The number of rotatable bonds is 2. The second kappa shape index (κ2) is 6.00. The second-order valence-electron chi connectivity index (χ2n) is 9.31. The lowest BCUT2D eigenvalue weighted by Gasteiger charge is -2.62. The van der Waals surface area contributed by atoms with Crippen LogP contribution in [0.1, 0.15) is 74.7 Å². The van der Waals surface area contributed by atoms with Crippen LogP contribution in [0.25, 0.3) is 0 Å². The number of Topliss-reactive ketones (excluding diaryl/α,β-unsaturated/α-hetero) is 1. The average molecular weight is 374 g/mol. The van der Waals surface area contributed by atoms with Gasteiger partial charge < -0.3 is 20.4 Å². The zero-order chi connectivity index (χ0) is 25.2. The zero-order valence-corrected chi connectivity index (χ0v) is 15.3. The minimum Gasteiger partial charge on any atom is -0.393 e. The van der Waals surface area contributed by atoms with Crippen molar-refractivity contribution >= 4 is 5.78 Å². The molecule has 0 radical (unpaired) electrons. The first-order chi connectivity index (χ1) is 14.7. The lowest BCUT2D eigenvalue weighted by atomic mass is 9.43. The Bertz CT molecular complexity index is 860. The fourth-order valence-corrected chi connectivity index (χ4v) is 7.04. The highest BCUT2D eigenvalue weighted by Gasteiger charge is 2.68. The van der Waals surface area contributed by atoms with Crippen molar-refractivity contribution in [2.24, 2.45) is 34.5 Å². The summed E-state index contributed by atoms with van der Waals surface area (Å²) < 4.78 is 56.8. The van der Waals surface area contributed by atoms with E-state index in [0.717, 1.165) is 0 Å². The molecule has 4 aliphatic carbocycles. The Kier molecular flexibility index (Phi) is 2.81. The first kappa shape index (κ1) is 12.2. The van der Waals surface area contributed by atoms with Gasteiger partial charge in [0.2, 0.25) is 0 Å². The summed E-state index contributed by atoms with van der Waals surface area (Å²) in [6, 6.07) is 0. The largest absolute Gasteiger partial charge is 0.393 e. The number of fused-ring (bicyclic) bond motifs is 5. The summed E-state index contributed by atoms with van der Waals surface area (Å²) in [6.07, 6.45) is -8.69. The van der Waals surface area contributed by atoms with Crippen LogP contribution < -0.4 is 0 Å². The van der Waals surface area contributed by atoms with Crippen LogP contribution in [0.3, 0.4) is 0 Å². The van der Waals surface area contributed by atoms with E-state index in [1.807, 2.05) is 0 Å². The van der Waals surface area contributed by atoms with Crippen LogP contribution in [0.5, 0.6) is 0 Å². The molecular weight excluding hydrogens is 332 g/mol. The van der Waals surface area contributed by atoms with E-state index in [2.05, 4.69) is 0 Å². The summed E-state index contributed by atoms with van der Waals surface area (Å²) in [7, 11) is 0.